The number of allylic oxidation sites excluding steroid dienone is 1. The summed E-state index contributed by atoms with van der Waals surface area (Å²) in [4.78, 5) is 25.2. The maximum absolute atomic E-state index is 12.8. The SMILES string of the molecule is COc1cc(C(=O)Oc2ccccc2C=CC(=O)c2ccc(Cl)cc2)cc(OC)c1OC. The van der Waals surface area contributed by atoms with Crippen LogP contribution in [0.3, 0.4) is 0 Å². The summed E-state index contributed by atoms with van der Waals surface area (Å²) in [6.07, 6.45) is 3.00. The van der Waals surface area contributed by atoms with Crippen molar-refractivity contribution in [2.24, 2.45) is 0 Å². The van der Waals surface area contributed by atoms with Gasteiger partial charge >= 0.3 is 5.97 Å². The van der Waals surface area contributed by atoms with E-state index in [2.05, 4.69) is 0 Å². The summed E-state index contributed by atoms with van der Waals surface area (Å²) in [5.74, 6) is 0.518. The van der Waals surface area contributed by atoms with E-state index in [0.717, 1.165) is 0 Å². The molecule has 0 saturated heterocycles. The first-order valence-electron chi connectivity index (χ1n) is 9.56. The summed E-state index contributed by atoms with van der Waals surface area (Å²) >= 11 is 5.86. The number of para-hydroxylation sites is 1. The molecule has 164 valence electrons. The van der Waals surface area contributed by atoms with Gasteiger partial charge in [0.25, 0.3) is 0 Å². The van der Waals surface area contributed by atoms with Crippen LogP contribution in [0.2, 0.25) is 5.02 Å². The number of ether oxygens (including phenoxy) is 4. The molecule has 6 nitrogen and oxygen atoms in total. The Bertz CT molecular complexity index is 1130. The second kappa shape index (κ2) is 10.5. The number of rotatable bonds is 8. The molecule has 0 N–H and O–H groups in total. The largest absolute Gasteiger partial charge is 0.493 e. The van der Waals surface area contributed by atoms with E-state index in [1.54, 1.807) is 54.6 Å². The minimum absolute atomic E-state index is 0.201. The maximum atomic E-state index is 12.8. The fourth-order valence-electron chi connectivity index (χ4n) is 2.94. The minimum Gasteiger partial charge on any atom is -0.493 e. The van der Waals surface area contributed by atoms with Gasteiger partial charge in [0.05, 0.1) is 26.9 Å². The second-order valence-corrected chi connectivity index (χ2v) is 6.98. The molecule has 0 saturated carbocycles. The van der Waals surface area contributed by atoms with Gasteiger partial charge in [-0.05, 0) is 54.6 Å². The van der Waals surface area contributed by atoms with Gasteiger partial charge < -0.3 is 18.9 Å². The van der Waals surface area contributed by atoms with Gasteiger partial charge in [-0.25, -0.2) is 4.79 Å². The number of carbonyl (C=O) groups is 2. The fourth-order valence-corrected chi connectivity index (χ4v) is 3.07. The van der Waals surface area contributed by atoms with Crippen molar-refractivity contribution in [1.82, 2.24) is 0 Å². The molecule has 0 aliphatic carbocycles. The molecule has 32 heavy (non-hydrogen) atoms. The predicted octanol–water partition coefficient (Wildman–Crippen LogP) is 5.48. The molecule has 0 aromatic heterocycles. The lowest BCUT2D eigenvalue weighted by Crippen LogP contribution is -2.10. The summed E-state index contributed by atoms with van der Waals surface area (Å²) in [5, 5.41) is 0.551. The standard InChI is InChI=1S/C25H21ClO6/c1-29-22-14-18(15-23(30-2)24(22)31-3)25(28)32-21-7-5-4-6-17(21)10-13-20(27)16-8-11-19(26)12-9-16/h4-15H,1-3H3. The molecule has 0 unspecified atom stereocenters. The van der Waals surface area contributed by atoms with Crippen molar-refractivity contribution >= 4 is 29.4 Å². The lowest BCUT2D eigenvalue weighted by Gasteiger charge is -2.14. The third-order valence-corrected chi connectivity index (χ3v) is 4.82. The van der Waals surface area contributed by atoms with E-state index >= 15 is 0 Å². The Kier molecular flexibility index (Phi) is 7.52. The zero-order valence-corrected chi connectivity index (χ0v) is 18.5. The van der Waals surface area contributed by atoms with Crippen LogP contribution < -0.4 is 18.9 Å². The Morgan fingerprint density at radius 3 is 2.00 bits per heavy atom. The normalized spacial score (nSPS) is 10.6. The van der Waals surface area contributed by atoms with Crippen LogP contribution >= 0.6 is 11.6 Å². The van der Waals surface area contributed by atoms with E-state index in [1.807, 2.05) is 0 Å². The molecule has 3 aromatic rings. The molecule has 0 aliphatic heterocycles. The zero-order chi connectivity index (χ0) is 23.1. The average molecular weight is 453 g/mol. The Morgan fingerprint density at radius 1 is 0.781 bits per heavy atom. The number of hydrogen-bond acceptors (Lipinski definition) is 6. The molecular weight excluding hydrogens is 432 g/mol. The molecule has 0 atom stereocenters. The van der Waals surface area contributed by atoms with Crippen molar-refractivity contribution < 1.29 is 28.5 Å². The Morgan fingerprint density at radius 2 is 1.41 bits per heavy atom. The summed E-state index contributed by atoms with van der Waals surface area (Å²) in [5.41, 5.74) is 1.28. The van der Waals surface area contributed by atoms with Crippen molar-refractivity contribution in [1.29, 1.82) is 0 Å². The van der Waals surface area contributed by atoms with Gasteiger partial charge in [-0.1, -0.05) is 29.8 Å². The van der Waals surface area contributed by atoms with E-state index < -0.39 is 5.97 Å². The van der Waals surface area contributed by atoms with Crippen molar-refractivity contribution in [3.05, 3.63) is 88.5 Å². The van der Waals surface area contributed by atoms with E-state index in [1.165, 1.54) is 39.5 Å². The van der Waals surface area contributed by atoms with Gasteiger partial charge in [-0.2, -0.15) is 0 Å². The predicted molar refractivity (Wildman–Crippen MR) is 122 cm³/mol. The van der Waals surface area contributed by atoms with Crippen LogP contribution in [0.25, 0.3) is 6.08 Å². The molecule has 0 bridgehead atoms. The number of hydrogen-bond donors (Lipinski definition) is 0. The van der Waals surface area contributed by atoms with E-state index in [-0.39, 0.29) is 11.3 Å². The minimum atomic E-state index is -0.617. The number of benzene rings is 3. The number of carbonyl (C=O) groups excluding carboxylic acids is 2. The third-order valence-electron chi connectivity index (χ3n) is 4.57. The van der Waals surface area contributed by atoms with Crippen LogP contribution in [0.4, 0.5) is 0 Å². The number of halogens is 1. The van der Waals surface area contributed by atoms with Crippen LogP contribution in [0.1, 0.15) is 26.3 Å². The fraction of sp³-hybridized carbons (Fsp3) is 0.120. The van der Waals surface area contributed by atoms with Gasteiger partial charge in [0.15, 0.2) is 17.3 Å². The first-order valence-corrected chi connectivity index (χ1v) is 9.93. The molecule has 0 fully saturated rings. The molecule has 0 amide bonds. The van der Waals surface area contributed by atoms with Crippen LogP contribution in [0.5, 0.6) is 23.0 Å². The van der Waals surface area contributed by atoms with Crippen molar-refractivity contribution in [2.45, 2.75) is 0 Å². The average Bonchev–Trinajstić information content (AvgIpc) is 2.82. The Balaban J connectivity index is 1.84. The van der Waals surface area contributed by atoms with Crippen LogP contribution in [-0.2, 0) is 0 Å². The quantitative estimate of drug-likeness (QED) is 0.195. The monoisotopic (exact) mass is 452 g/mol. The highest BCUT2D eigenvalue weighted by atomic mass is 35.5. The molecule has 0 spiro atoms. The second-order valence-electron chi connectivity index (χ2n) is 6.55. The van der Waals surface area contributed by atoms with Crippen LogP contribution in [0, 0.1) is 0 Å². The molecule has 7 heteroatoms. The van der Waals surface area contributed by atoms with Gasteiger partial charge in [0, 0.05) is 16.1 Å². The van der Waals surface area contributed by atoms with E-state index in [4.69, 9.17) is 30.5 Å². The highest BCUT2D eigenvalue weighted by Crippen LogP contribution is 2.38. The first-order chi connectivity index (χ1) is 15.5. The van der Waals surface area contributed by atoms with Crippen molar-refractivity contribution in [3.63, 3.8) is 0 Å². The maximum Gasteiger partial charge on any atom is 0.343 e. The molecular formula is C25H21ClO6. The number of methoxy groups -OCH3 is 3. The van der Waals surface area contributed by atoms with Gasteiger partial charge in [-0.3, -0.25) is 4.79 Å². The zero-order valence-electron chi connectivity index (χ0n) is 17.8. The highest BCUT2D eigenvalue weighted by molar-refractivity contribution is 6.30. The van der Waals surface area contributed by atoms with Gasteiger partial charge in [0.2, 0.25) is 5.75 Å². The topological polar surface area (TPSA) is 71.1 Å². The Hall–Kier alpha value is -3.77. The highest BCUT2D eigenvalue weighted by Gasteiger charge is 2.19. The van der Waals surface area contributed by atoms with Gasteiger partial charge in [-0.15, -0.1) is 0 Å². The molecule has 0 heterocycles. The molecule has 3 rings (SSSR count). The lowest BCUT2D eigenvalue weighted by molar-refractivity contribution is 0.0733. The first kappa shape index (κ1) is 22.9. The van der Waals surface area contributed by atoms with Gasteiger partial charge in [0.1, 0.15) is 5.75 Å². The van der Waals surface area contributed by atoms with Crippen molar-refractivity contribution in [2.75, 3.05) is 21.3 Å². The summed E-state index contributed by atoms with van der Waals surface area (Å²) in [6.45, 7) is 0. The summed E-state index contributed by atoms with van der Waals surface area (Å²) in [7, 11) is 4.40. The third kappa shape index (κ3) is 5.28. The Labute approximate surface area is 190 Å². The summed E-state index contributed by atoms with van der Waals surface area (Å²) < 4.78 is 21.4. The smallest absolute Gasteiger partial charge is 0.343 e. The lowest BCUT2D eigenvalue weighted by atomic mass is 10.1. The van der Waals surface area contributed by atoms with Crippen LogP contribution in [-0.4, -0.2) is 33.1 Å². The molecule has 3 aromatic carbocycles. The number of ketones is 1. The molecule has 0 aliphatic rings. The molecule has 0 radical (unpaired) electrons. The van der Waals surface area contributed by atoms with E-state index in [9.17, 15) is 9.59 Å². The van der Waals surface area contributed by atoms with E-state index in [0.29, 0.717) is 39.1 Å². The van der Waals surface area contributed by atoms with Crippen molar-refractivity contribution in [3.8, 4) is 23.0 Å². The number of esters is 1. The van der Waals surface area contributed by atoms with Crippen LogP contribution in [0.15, 0.2) is 66.7 Å². The summed E-state index contributed by atoms with van der Waals surface area (Å²) in [6, 6.07) is 16.5.